The molecule has 2 atom stereocenters. The highest BCUT2D eigenvalue weighted by molar-refractivity contribution is 9.10. The van der Waals surface area contributed by atoms with Crippen LogP contribution in [0.4, 0.5) is 0 Å². The van der Waals surface area contributed by atoms with E-state index in [1.54, 1.807) is 0 Å². The van der Waals surface area contributed by atoms with E-state index in [4.69, 9.17) is 9.47 Å². The van der Waals surface area contributed by atoms with Crippen LogP contribution in [0.5, 0.6) is 0 Å². The molecule has 1 aromatic rings. The van der Waals surface area contributed by atoms with Gasteiger partial charge in [-0.05, 0) is 43.2 Å². The van der Waals surface area contributed by atoms with Crippen LogP contribution in [-0.4, -0.2) is 31.1 Å². The van der Waals surface area contributed by atoms with Gasteiger partial charge in [0.2, 0.25) is 0 Å². The fraction of sp³-hybridized carbons (Fsp3) is 0.500. The minimum Gasteiger partial charge on any atom is -0.459 e. The van der Waals surface area contributed by atoms with E-state index in [-0.39, 0.29) is 29.9 Å². The number of allylic oxidation sites excluding steroid dienone is 3. The third-order valence-electron chi connectivity index (χ3n) is 6.10. The molecule has 1 aliphatic carbocycles. The molecule has 2 heterocycles. The van der Waals surface area contributed by atoms with Gasteiger partial charge in [-0.15, -0.1) is 0 Å². The molecular weight excluding hydrogens is 446 g/mol. The van der Waals surface area contributed by atoms with Crippen LogP contribution in [0.2, 0.25) is 0 Å². The Balaban J connectivity index is 1.73. The topological polar surface area (TPSA) is 64.6 Å². The third kappa shape index (κ3) is 4.12. The summed E-state index contributed by atoms with van der Waals surface area (Å²) in [6, 6.07) is 7.78. The van der Waals surface area contributed by atoms with Crippen molar-refractivity contribution in [3.05, 3.63) is 56.8 Å². The van der Waals surface area contributed by atoms with Crippen molar-refractivity contribution in [2.45, 2.75) is 58.5 Å². The number of ether oxygens (including phenoxy) is 2. The van der Waals surface area contributed by atoms with Crippen LogP contribution in [-0.2, 0) is 19.1 Å². The van der Waals surface area contributed by atoms with Gasteiger partial charge in [-0.1, -0.05) is 48.0 Å². The molecule has 1 N–H and O–H groups in total. The first-order valence-electron chi connectivity index (χ1n) is 10.5. The lowest BCUT2D eigenvalue weighted by Crippen LogP contribution is -2.39. The number of esters is 1. The van der Waals surface area contributed by atoms with Crippen molar-refractivity contribution in [2.24, 2.45) is 5.41 Å². The lowest BCUT2D eigenvalue weighted by Gasteiger charge is -2.39. The number of halogens is 1. The van der Waals surface area contributed by atoms with Gasteiger partial charge >= 0.3 is 5.97 Å². The van der Waals surface area contributed by atoms with Gasteiger partial charge < -0.3 is 14.8 Å². The Morgan fingerprint density at radius 2 is 2.07 bits per heavy atom. The summed E-state index contributed by atoms with van der Waals surface area (Å²) in [5.41, 5.74) is 3.66. The van der Waals surface area contributed by atoms with Crippen LogP contribution in [0.25, 0.3) is 0 Å². The molecular formula is C24H28BrNO4. The van der Waals surface area contributed by atoms with Crippen molar-refractivity contribution in [2.75, 3.05) is 13.2 Å². The van der Waals surface area contributed by atoms with Crippen LogP contribution in [0.15, 0.2) is 51.3 Å². The molecule has 1 saturated heterocycles. The summed E-state index contributed by atoms with van der Waals surface area (Å²) in [6.45, 7) is 7.06. The predicted octanol–water partition coefficient (Wildman–Crippen LogP) is 4.78. The number of carbonyl (C=O) groups excluding carboxylic acids is 2. The minimum absolute atomic E-state index is 0.0415. The molecule has 0 bridgehead atoms. The summed E-state index contributed by atoms with van der Waals surface area (Å²) in [7, 11) is 0. The molecule has 1 aromatic carbocycles. The molecule has 4 rings (SSSR count). The Morgan fingerprint density at radius 3 is 2.77 bits per heavy atom. The quantitative estimate of drug-likeness (QED) is 0.637. The van der Waals surface area contributed by atoms with E-state index in [0.29, 0.717) is 24.2 Å². The Kier molecular flexibility index (Phi) is 5.90. The molecule has 30 heavy (non-hydrogen) atoms. The van der Waals surface area contributed by atoms with Crippen LogP contribution >= 0.6 is 15.9 Å². The Hall–Kier alpha value is -1.92. The minimum atomic E-state index is -0.447. The first-order valence-corrected chi connectivity index (χ1v) is 11.3. The Morgan fingerprint density at radius 1 is 1.30 bits per heavy atom. The van der Waals surface area contributed by atoms with Gasteiger partial charge in [-0.25, -0.2) is 4.79 Å². The summed E-state index contributed by atoms with van der Waals surface area (Å²) in [5.74, 6) is -0.746. The molecule has 3 aliphatic rings. The highest BCUT2D eigenvalue weighted by Gasteiger charge is 2.43. The van der Waals surface area contributed by atoms with E-state index < -0.39 is 5.92 Å². The fourth-order valence-corrected chi connectivity index (χ4v) is 5.26. The highest BCUT2D eigenvalue weighted by Crippen LogP contribution is 2.48. The van der Waals surface area contributed by atoms with Gasteiger partial charge in [0, 0.05) is 40.4 Å². The lowest BCUT2D eigenvalue weighted by atomic mass is 9.68. The number of carbonyl (C=O) groups is 2. The van der Waals surface area contributed by atoms with Crippen LogP contribution < -0.4 is 5.32 Å². The van der Waals surface area contributed by atoms with E-state index in [9.17, 15) is 9.59 Å². The van der Waals surface area contributed by atoms with Crippen molar-refractivity contribution >= 4 is 27.7 Å². The number of ketones is 1. The van der Waals surface area contributed by atoms with Crippen LogP contribution in [0.1, 0.15) is 57.9 Å². The Labute approximate surface area is 186 Å². The fourth-order valence-electron chi connectivity index (χ4n) is 4.75. The maximum Gasteiger partial charge on any atom is 0.336 e. The van der Waals surface area contributed by atoms with Crippen LogP contribution in [0, 0.1) is 5.41 Å². The maximum absolute atomic E-state index is 13.3. The lowest BCUT2D eigenvalue weighted by molar-refractivity contribution is -0.142. The van der Waals surface area contributed by atoms with Gasteiger partial charge in [0.25, 0.3) is 0 Å². The number of Topliss-reactive ketones (excluding diaryl/α,β-unsaturated/α-hetero) is 1. The molecule has 0 unspecified atom stereocenters. The largest absolute Gasteiger partial charge is 0.459 e. The molecule has 5 nitrogen and oxygen atoms in total. The number of benzene rings is 1. The van der Waals surface area contributed by atoms with Gasteiger partial charge in [0.1, 0.15) is 6.61 Å². The van der Waals surface area contributed by atoms with E-state index >= 15 is 0 Å². The van der Waals surface area contributed by atoms with Gasteiger partial charge in [-0.2, -0.15) is 0 Å². The van der Waals surface area contributed by atoms with Crippen molar-refractivity contribution in [3.8, 4) is 0 Å². The molecule has 160 valence electrons. The zero-order valence-corrected chi connectivity index (χ0v) is 19.3. The first kappa shape index (κ1) is 21.3. The molecule has 0 saturated carbocycles. The number of hydrogen-bond donors (Lipinski definition) is 1. The summed E-state index contributed by atoms with van der Waals surface area (Å²) in [6.07, 6.45) is 3.09. The van der Waals surface area contributed by atoms with Crippen LogP contribution in [0.3, 0.4) is 0 Å². The second kappa shape index (κ2) is 8.31. The zero-order chi connectivity index (χ0) is 21.5. The van der Waals surface area contributed by atoms with E-state index in [0.717, 1.165) is 40.7 Å². The summed E-state index contributed by atoms with van der Waals surface area (Å²) >= 11 is 3.63. The van der Waals surface area contributed by atoms with Crippen molar-refractivity contribution in [1.82, 2.24) is 5.32 Å². The van der Waals surface area contributed by atoms with Gasteiger partial charge in [0.15, 0.2) is 5.78 Å². The van der Waals surface area contributed by atoms with E-state index in [1.807, 2.05) is 31.2 Å². The number of hydrogen-bond acceptors (Lipinski definition) is 5. The monoisotopic (exact) mass is 473 g/mol. The molecule has 6 heteroatoms. The number of nitrogens with one attached hydrogen (secondary N) is 1. The second-order valence-electron chi connectivity index (χ2n) is 9.18. The average molecular weight is 474 g/mol. The molecule has 0 radical (unpaired) electrons. The normalized spacial score (nSPS) is 25.8. The first-order chi connectivity index (χ1) is 14.3. The smallest absolute Gasteiger partial charge is 0.336 e. The second-order valence-corrected chi connectivity index (χ2v) is 10.0. The molecule has 2 aliphatic heterocycles. The number of rotatable bonds is 4. The van der Waals surface area contributed by atoms with Gasteiger partial charge in [0.05, 0.1) is 11.7 Å². The molecule has 0 spiro atoms. The zero-order valence-electron chi connectivity index (χ0n) is 17.7. The molecule has 0 aromatic heterocycles. The Bertz CT molecular complexity index is 940. The molecule has 0 amide bonds. The summed E-state index contributed by atoms with van der Waals surface area (Å²) in [5, 5.41) is 3.37. The molecule has 1 fully saturated rings. The SMILES string of the molecule is CC1=C(C(=O)OC[C@@H]2CCCO2)[C@H](c2ccccc2Br)C2=C(CC(C)(C)CC2=O)N1. The van der Waals surface area contributed by atoms with Gasteiger partial charge in [-0.3, -0.25) is 4.79 Å². The van der Waals surface area contributed by atoms with E-state index in [2.05, 4.69) is 35.1 Å². The number of dihydropyridines is 1. The average Bonchev–Trinajstić information content (AvgIpc) is 3.18. The van der Waals surface area contributed by atoms with Crippen molar-refractivity contribution in [1.29, 1.82) is 0 Å². The van der Waals surface area contributed by atoms with Crippen molar-refractivity contribution in [3.63, 3.8) is 0 Å². The third-order valence-corrected chi connectivity index (χ3v) is 6.82. The highest BCUT2D eigenvalue weighted by atomic mass is 79.9. The standard InChI is InChI=1S/C24H28BrNO4/c1-14-20(23(28)30-13-15-7-6-10-29-15)21(16-8-4-5-9-17(16)25)22-18(26-14)11-24(2,3)12-19(22)27/h4-5,8-9,15,21,26H,6-7,10-13H2,1-3H3/t15-,21-/m0/s1. The maximum atomic E-state index is 13.3. The summed E-state index contributed by atoms with van der Waals surface area (Å²) in [4.78, 5) is 26.5. The summed E-state index contributed by atoms with van der Waals surface area (Å²) < 4.78 is 12.1. The van der Waals surface area contributed by atoms with Crippen molar-refractivity contribution < 1.29 is 19.1 Å². The van der Waals surface area contributed by atoms with E-state index in [1.165, 1.54) is 0 Å². The predicted molar refractivity (Wildman–Crippen MR) is 118 cm³/mol.